The predicted octanol–water partition coefficient (Wildman–Crippen LogP) is 3.09. The highest BCUT2D eigenvalue weighted by molar-refractivity contribution is 9.08. The SMILES string of the molecule is CCOC(=O)c1ncc(CBr)cc1C(F)F. The summed E-state index contributed by atoms with van der Waals surface area (Å²) in [5, 5.41) is 0.406. The van der Waals surface area contributed by atoms with E-state index in [1.165, 1.54) is 12.3 Å². The number of esters is 1. The monoisotopic (exact) mass is 293 g/mol. The third-order valence-corrected chi connectivity index (χ3v) is 2.48. The van der Waals surface area contributed by atoms with Crippen LogP contribution >= 0.6 is 15.9 Å². The Morgan fingerprint density at radius 3 is 2.81 bits per heavy atom. The molecule has 0 atom stereocenters. The molecule has 0 aliphatic heterocycles. The summed E-state index contributed by atoms with van der Waals surface area (Å²) in [5.41, 5.74) is -0.125. The van der Waals surface area contributed by atoms with Gasteiger partial charge in [-0.3, -0.25) is 0 Å². The van der Waals surface area contributed by atoms with Gasteiger partial charge in [0.1, 0.15) is 0 Å². The number of nitrogens with zero attached hydrogens (tertiary/aromatic N) is 1. The minimum atomic E-state index is -2.74. The van der Waals surface area contributed by atoms with Crippen molar-refractivity contribution in [1.29, 1.82) is 0 Å². The topological polar surface area (TPSA) is 39.2 Å². The van der Waals surface area contributed by atoms with Crippen LogP contribution in [0.1, 0.15) is 35.0 Å². The Labute approximate surface area is 99.9 Å². The lowest BCUT2D eigenvalue weighted by Gasteiger charge is -2.08. The van der Waals surface area contributed by atoms with Crippen LogP contribution in [-0.4, -0.2) is 17.6 Å². The first-order valence-electron chi connectivity index (χ1n) is 4.60. The van der Waals surface area contributed by atoms with Gasteiger partial charge in [0.25, 0.3) is 6.43 Å². The molecular weight excluding hydrogens is 284 g/mol. The number of alkyl halides is 3. The molecule has 0 bridgehead atoms. The van der Waals surface area contributed by atoms with Crippen molar-refractivity contribution in [2.75, 3.05) is 6.61 Å². The van der Waals surface area contributed by atoms with Crippen LogP contribution in [0.25, 0.3) is 0 Å². The van der Waals surface area contributed by atoms with E-state index in [4.69, 9.17) is 0 Å². The standard InChI is InChI=1S/C10H10BrF2NO2/c1-2-16-10(15)8-7(9(12)13)3-6(4-11)5-14-8/h3,5,9H,2,4H2,1H3. The van der Waals surface area contributed by atoms with Gasteiger partial charge < -0.3 is 4.74 Å². The van der Waals surface area contributed by atoms with Gasteiger partial charge in [-0.25, -0.2) is 18.6 Å². The van der Waals surface area contributed by atoms with Crippen molar-refractivity contribution in [3.63, 3.8) is 0 Å². The number of hydrogen-bond acceptors (Lipinski definition) is 3. The molecule has 0 aromatic carbocycles. The molecule has 0 N–H and O–H groups in total. The molecule has 1 heterocycles. The van der Waals surface area contributed by atoms with Gasteiger partial charge in [-0.15, -0.1) is 0 Å². The Morgan fingerprint density at radius 2 is 2.31 bits per heavy atom. The van der Waals surface area contributed by atoms with Crippen molar-refractivity contribution >= 4 is 21.9 Å². The second kappa shape index (κ2) is 5.89. The maximum atomic E-state index is 12.7. The van der Waals surface area contributed by atoms with E-state index in [-0.39, 0.29) is 12.3 Å². The molecule has 0 radical (unpaired) electrons. The lowest BCUT2D eigenvalue weighted by molar-refractivity contribution is 0.0507. The average Bonchev–Trinajstić information content (AvgIpc) is 2.28. The molecule has 16 heavy (non-hydrogen) atoms. The molecule has 0 saturated heterocycles. The number of carbonyl (C=O) groups is 1. The second-order valence-electron chi connectivity index (χ2n) is 2.94. The number of rotatable bonds is 4. The van der Waals surface area contributed by atoms with Gasteiger partial charge >= 0.3 is 5.97 Å². The van der Waals surface area contributed by atoms with Crippen molar-refractivity contribution < 1.29 is 18.3 Å². The van der Waals surface area contributed by atoms with Gasteiger partial charge in [0, 0.05) is 11.5 Å². The van der Waals surface area contributed by atoms with Crippen LogP contribution in [0.15, 0.2) is 12.3 Å². The maximum absolute atomic E-state index is 12.7. The molecule has 0 fully saturated rings. The molecule has 0 aliphatic carbocycles. The van der Waals surface area contributed by atoms with Crippen molar-refractivity contribution in [2.24, 2.45) is 0 Å². The van der Waals surface area contributed by atoms with E-state index in [2.05, 4.69) is 25.7 Å². The molecular formula is C10H10BrF2NO2. The molecule has 3 nitrogen and oxygen atoms in total. The number of pyridine rings is 1. The quantitative estimate of drug-likeness (QED) is 0.633. The number of carbonyl (C=O) groups excluding carboxylic acids is 1. The lowest BCUT2D eigenvalue weighted by Crippen LogP contribution is -2.11. The van der Waals surface area contributed by atoms with E-state index in [0.717, 1.165) is 0 Å². The molecule has 1 aromatic heterocycles. The van der Waals surface area contributed by atoms with E-state index >= 15 is 0 Å². The number of hydrogen-bond donors (Lipinski definition) is 0. The predicted molar refractivity (Wildman–Crippen MR) is 57.8 cm³/mol. The summed E-state index contributed by atoms with van der Waals surface area (Å²) >= 11 is 3.13. The van der Waals surface area contributed by atoms with Crippen molar-refractivity contribution in [2.45, 2.75) is 18.7 Å². The fourth-order valence-electron chi connectivity index (χ4n) is 1.14. The Balaban J connectivity index is 3.12. The minimum Gasteiger partial charge on any atom is -0.461 e. The summed E-state index contributed by atoms with van der Waals surface area (Å²) in [6, 6.07) is 1.25. The molecule has 88 valence electrons. The molecule has 0 spiro atoms. The average molecular weight is 294 g/mol. The van der Waals surface area contributed by atoms with Gasteiger partial charge in [0.15, 0.2) is 5.69 Å². The van der Waals surface area contributed by atoms with Crippen molar-refractivity contribution in [3.8, 4) is 0 Å². The van der Waals surface area contributed by atoms with Gasteiger partial charge in [-0.2, -0.15) is 0 Å². The zero-order valence-corrected chi connectivity index (χ0v) is 10.1. The molecule has 0 aliphatic rings. The lowest BCUT2D eigenvalue weighted by atomic mass is 10.1. The summed E-state index contributed by atoms with van der Waals surface area (Å²) in [5.74, 6) is -0.820. The fourth-order valence-corrected chi connectivity index (χ4v) is 1.44. The third kappa shape index (κ3) is 2.98. The Morgan fingerprint density at radius 1 is 1.62 bits per heavy atom. The van der Waals surface area contributed by atoms with Crippen LogP contribution < -0.4 is 0 Å². The highest BCUT2D eigenvalue weighted by Gasteiger charge is 2.21. The normalized spacial score (nSPS) is 10.6. The van der Waals surface area contributed by atoms with Crippen LogP contribution in [0.4, 0.5) is 8.78 Å². The maximum Gasteiger partial charge on any atom is 0.357 e. The van der Waals surface area contributed by atoms with E-state index in [0.29, 0.717) is 10.9 Å². The Kier molecular flexibility index (Phi) is 4.79. The van der Waals surface area contributed by atoms with Crippen LogP contribution in [0.2, 0.25) is 0 Å². The number of aromatic nitrogens is 1. The molecule has 1 aromatic rings. The Bertz CT molecular complexity index is 385. The van der Waals surface area contributed by atoms with Gasteiger partial charge in [0.05, 0.1) is 12.2 Å². The molecule has 0 unspecified atom stereocenters. The molecule has 6 heteroatoms. The van der Waals surface area contributed by atoms with Crippen LogP contribution in [0, 0.1) is 0 Å². The summed E-state index contributed by atoms with van der Waals surface area (Å²) < 4.78 is 30.0. The van der Waals surface area contributed by atoms with Gasteiger partial charge in [0.2, 0.25) is 0 Å². The van der Waals surface area contributed by atoms with E-state index in [9.17, 15) is 13.6 Å². The van der Waals surface area contributed by atoms with E-state index in [1.807, 2.05) is 0 Å². The van der Waals surface area contributed by atoms with Crippen LogP contribution in [0.5, 0.6) is 0 Å². The summed E-state index contributed by atoms with van der Waals surface area (Å²) in [6.07, 6.45) is -1.38. The molecule has 1 rings (SSSR count). The van der Waals surface area contributed by atoms with E-state index < -0.39 is 18.0 Å². The van der Waals surface area contributed by atoms with Crippen molar-refractivity contribution in [3.05, 3.63) is 29.1 Å². The van der Waals surface area contributed by atoms with Crippen LogP contribution in [-0.2, 0) is 10.1 Å². The molecule has 0 amide bonds. The first-order valence-corrected chi connectivity index (χ1v) is 5.72. The first kappa shape index (κ1) is 13.0. The van der Waals surface area contributed by atoms with E-state index in [1.54, 1.807) is 6.92 Å². The minimum absolute atomic E-state index is 0.128. The zero-order chi connectivity index (χ0) is 12.1. The van der Waals surface area contributed by atoms with Crippen molar-refractivity contribution in [1.82, 2.24) is 4.98 Å². The highest BCUT2D eigenvalue weighted by Crippen LogP contribution is 2.24. The number of ether oxygens (including phenoxy) is 1. The summed E-state index contributed by atoms with van der Waals surface area (Å²) in [7, 11) is 0. The van der Waals surface area contributed by atoms with Gasteiger partial charge in [-0.05, 0) is 18.6 Å². The fraction of sp³-hybridized carbons (Fsp3) is 0.400. The summed E-state index contributed by atoms with van der Waals surface area (Å²) in [4.78, 5) is 15.0. The highest BCUT2D eigenvalue weighted by atomic mass is 79.9. The second-order valence-corrected chi connectivity index (χ2v) is 3.50. The third-order valence-electron chi connectivity index (χ3n) is 1.83. The van der Waals surface area contributed by atoms with Gasteiger partial charge in [-0.1, -0.05) is 15.9 Å². The summed E-state index contributed by atoms with van der Waals surface area (Å²) in [6.45, 7) is 1.73. The molecule has 0 saturated carbocycles. The Hall–Kier alpha value is -1.04. The van der Waals surface area contributed by atoms with Crippen LogP contribution in [0.3, 0.4) is 0 Å². The smallest absolute Gasteiger partial charge is 0.357 e. The first-order chi connectivity index (χ1) is 7.60. The number of halogens is 3. The largest absolute Gasteiger partial charge is 0.461 e. The zero-order valence-electron chi connectivity index (χ0n) is 8.54.